The van der Waals surface area contributed by atoms with Crippen LogP contribution in [0.5, 0.6) is 0 Å². The summed E-state index contributed by atoms with van der Waals surface area (Å²) in [7, 11) is 1.63. The molecule has 0 radical (unpaired) electrons. The van der Waals surface area contributed by atoms with Gasteiger partial charge in [-0.25, -0.2) is 0 Å². The topological polar surface area (TPSA) is 38.3 Å². The second-order valence-electron chi connectivity index (χ2n) is 2.05. The van der Waals surface area contributed by atoms with Gasteiger partial charge in [-0.05, 0) is 4.74 Å². The highest BCUT2D eigenvalue weighted by molar-refractivity contribution is 5.52. The van der Waals surface area contributed by atoms with E-state index < -0.39 is 0 Å². The Morgan fingerprint density at radius 2 is 2.22 bits per heavy atom. The molecule has 0 aromatic heterocycles. The maximum absolute atomic E-state index is 5.27. The van der Waals surface area contributed by atoms with E-state index in [-0.39, 0.29) is 0 Å². The summed E-state index contributed by atoms with van der Waals surface area (Å²) in [5.74, 6) is 0. The van der Waals surface area contributed by atoms with Crippen molar-refractivity contribution >= 4 is 6.21 Å². The van der Waals surface area contributed by atoms with Gasteiger partial charge >= 0.3 is 0 Å². The predicted octanol–water partition coefficient (Wildman–Crippen LogP) is -0.00180. The van der Waals surface area contributed by atoms with Crippen LogP contribution in [0.2, 0.25) is 0 Å². The number of hydroxylamine groups is 1. The third-order valence-electron chi connectivity index (χ3n) is 1.01. The first kappa shape index (κ1) is 8.43. The van der Waals surface area contributed by atoms with Crippen LogP contribution >= 0.6 is 0 Å². The van der Waals surface area contributed by atoms with Gasteiger partial charge in [0.15, 0.2) is 6.04 Å². The molecule has 3 heteroatoms. The Morgan fingerprint density at radius 3 is 2.33 bits per heavy atom. The lowest BCUT2D eigenvalue weighted by atomic mass is 10.4. The molecule has 0 aromatic carbocycles. The van der Waals surface area contributed by atoms with Crippen molar-refractivity contribution in [2.75, 3.05) is 13.7 Å². The van der Waals surface area contributed by atoms with E-state index >= 15 is 0 Å². The van der Waals surface area contributed by atoms with Gasteiger partial charge in [0.05, 0.1) is 6.54 Å². The molecule has 0 aliphatic carbocycles. The zero-order chi connectivity index (χ0) is 7.28. The highest BCUT2D eigenvalue weighted by atomic mass is 16.7. The molecule has 0 rings (SSSR count). The van der Waals surface area contributed by atoms with Crippen molar-refractivity contribution in [3.63, 3.8) is 0 Å². The second kappa shape index (κ2) is 4.32. The van der Waals surface area contributed by atoms with E-state index in [4.69, 9.17) is 10.6 Å². The Labute approximate surface area is 56.1 Å². The lowest BCUT2D eigenvalue weighted by molar-refractivity contribution is -0.797. The zero-order valence-corrected chi connectivity index (χ0v) is 6.29. The third-order valence-corrected chi connectivity index (χ3v) is 1.01. The van der Waals surface area contributed by atoms with Gasteiger partial charge in [0.2, 0.25) is 6.21 Å². The maximum atomic E-state index is 5.27. The molecule has 9 heavy (non-hydrogen) atoms. The standard InChI is InChI=1S/C6H15N2O/c1-6(2)8(9-3)5-4-7/h5-6H,4,7H2,1-3H3/q+1/b8-5+. The van der Waals surface area contributed by atoms with Gasteiger partial charge in [0, 0.05) is 13.8 Å². The highest BCUT2D eigenvalue weighted by Crippen LogP contribution is 1.85. The molecule has 0 saturated carbocycles. The molecule has 0 spiro atoms. The molecule has 0 unspecified atom stereocenters. The van der Waals surface area contributed by atoms with Crippen LogP contribution in [0, 0.1) is 0 Å². The molecular formula is C6H15N2O+. The van der Waals surface area contributed by atoms with Crippen LogP contribution in [0.3, 0.4) is 0 Å². The molecule has 2 N–H and O–H groups in total. The van der Waals surface area contributed by atoms with Gasteiger partial charge in [0.1, 0.15) is 7.11 Å². The molecule has 0 fully saturated rings. The monoisotopic (exact) mass is 131 g/mol. The Balaban J connectivity index is 3.81. The first-order valence-electron chi connectivity index (χ1n) is 3.08. The molecule has 0 heterocycles. The van der Waals surface area contributed by atoms with Crippen LogP contribution in [0.25, 0.3) is 0 Å². The van der Waals surface area contributed by atoms with Gasteiger partial charge in [-0.2, -0.15) is 0 Å². The van der Waals surface area contributed by atoms with E-state index in [1.807, 2.05) is 20.1 Å². The van der Waals surface area contributed by atoms with E-state index in [0.717, 1.165) is 0 Å². The maximum Gasteiger partial charge on any atom is 0.206 e. The minimum Gasteiger partial charge on any atom is -0.322 e. The summed E-state index contributed by atoms with van der Waals surface area (Å²) in [6.45, 7) is 4.59. The smallest absolute Gasteiger partial charge is 0.206 e. The molecule has 54 valence electrons. The summed E-state index contributed by atoms with van der Waals surface area (Å²) >= 11 is 0. The first-order chi connectivity index (χ1) is 4.22. The normalized spacial score (nSPS) is 12.3. The van der Waals surface area contributed by atoms with Crippen molar-refractivity contribution < 1.29 is 9.58 Å². The summed E-state index contributed by atoms with van der Waals surface area (Å²) in [4.78, 5) is 4.95. The fourth-order valence-corrected chi connectivity index (χ4v) is 0.600. The minimum atomic E-state index is 0.360. The average Bonchev–Trinajstić information content (AvgIpc) is 1.82. The predicted molar refractivity (Wildman–Crippen MR) is 37.5 cm³/mol. The Bertz CT molecular complexity index is 99.2. The molecule has 0 bridgehead atoms. The first-order valence-corrected chi connectivity index (χ1v) is 3.08. The lowest BCUT2D eigenvalue weighted by Gasteiger charge is -2.00. The van der Waals surface area contributed by atoms with E-state index in [1.54, 1.807) is 11.8 Å². The third kappa shape index (κ3) is 3.08. The second-order valence-corrected chi connectivity index (χ2v) is 2.05. The van der Waals surface area contributed by atoms with Gasteiger partial charge in [-0.15, -0.1) is 0 Å². The van der Waals surface area contributed by atoms with Gasteiger partial charge in [0.25, 0.3) is 0 Å². The fraction of sp³-hybridized carbons (Fsp3) is 0.833. The summed E-state index contributed by atoms with van der Waals surface area (Å²) in [6, 6.07) is 0.360. The van der Waals surface area contributed by atoms with Crippen molar-refractivity contribution in [2.45, 2.75) is 19.9 Å². The zero-order valence-electron chi connectivity index (χ0n) is 6.29. The molecular weight excluding hydrogens is 116 g/mol. The number of nitrogens with two attached hydrogens (primary N) is 1. The molecule has 0 aromatic rings. The van der Waals surface area contributed by atoms with E-state index in [9.17, 15) is 0 Å². The average molecular weight is 131 g/mol. The van der Waals surface area contributed by atoms with Crippen LogP contribution < -0.4 is 5.73 Å². The summed E-state index contributed by atoms with van der Waals surface area (Å²) in [5, 5.41) is 0. The molecule has 0 aliphatic heterocycles. The van der Waals surface area contributed by atoms with Crippen molar-refractivity contribution in [1.82, 2.24) is 0 Å². The Hall–Kier alpha value is -0.570. The van der Waals surface area contributed by atoms with E-state index in [1.165, 1.54) is 0 Å². The van der Waals surface area contributed by atoms with Crippen LogP contribution in [-0.2, 0) is 4.84 Å². The quantitative estimate of drug-likeness (QED) is 0.332. The van der Waals surface area contributed by atoms with Crippen LogP contribution in [0.4, 0.5) is 0 Å². The highest BCUT2D eigenvalue weighted by Gasteiger charge is 2.06. The molecule has 0 amide bonds. The molecule has 0 aliphatic rings. The van der Waals surface area contributed by atoms with Crippen LogP contribution in [0.15, 0.2) is 0 Å². The summed E-state index contributed by atoms with van der Waals surface area (Å²) in [5.41, 5.74) is 5.27. The van der Waals surface area contributed by atoms with E-state index in [0.29, 0.717) is 12.6 Å². The van der Waals surface area contributed by atoms with Crippen molar-refractivity contribution in [2.24, 2.45) is 5.73 Å². The molecule has 0 saturated heterocycles. The number of hydrogen-bond donors (Lipinski definition) is 1. The van der Waals surface area contributed by atoms with Crippen molar-refractivity contribution in [3.8, 4) is 0 Å². The SMILES string of the molecule is CO/[N+](=C/CN)C(C)C. The van der Waals surface area contributed by atoms with E-state index in [2.05, 4.69) is 0 Å². The number of hydrogen-bond acceptors (Lipinski definition) is 2. The van der Waals surface area contributed by atoms with Gasteiger partial charge < -0.3 is 5.73 Å². The van der Waals surface area contributed by atoms with Crippen LogP contribution in [-0.4, -0.2) is 30.6 Å². The van der Waals surface area contributed by atoms with Crippen molar-refractivity contribution in [1.29, 1.82) is 0 Å². The Morgan fingerprint density at radius 1 is 1.67 bits per heavy atom. The van der Waals surface area contributed by atoms with Gasteiger partial charge in [-0.3, -0.25) is 4.84 Å². The largest absolute Gasteiger partial charge is 0.322 e. The van der Waals surface area contributed by atoms with Gasteiger partial charge in [-0.1, -0.05) is 0 Å². The number of rotatable bonds is 3. The number of nitrogens with zero attached hydrogens (tertiary/aromatic N) is 1. The summed E-state index contributed by atoms with van der Waals surface area (Å²) < 4.78 is 1.72. The fourth-order valence-electron chi connectivity index (χ4n) is 0.600. The molecule has 3 nitrogen and oxygen atoms in total. The van der Waals surface area contributed by atoms with Crippen LogP contribution in [0.1, 0.15) is 13.8 Å². The molecule has 0 atom stereocenters. The van der Waals surface area contributed by atoms with Crippen molar-refractivity contribution in [3.05, 3.63) is 0 Å². The summed E-state index contributed by atoms with van der Waals surface area (Å²) in [6.07, 6.45) is 1.81. The lowest BCUT2D eigenvalue weighted by Crippen LogP contribution is -2.23. The minimum absolute atomic E-state index is 0.360. The Kier molecular flexibility index (Phi) is 4.05.